The number of imidazole rings is 1. The second-order valence-electron chi connectivity index (χ2n) is 14.6. The first-order valence-corrected chi connectivity index (χ1v) is 16.7. The number of aryl methyl sites for hydroxylation is 1. The lowest BCUT2D eigenvalue weighted by Gasteiger charge is -2.35. The van der Waals surface area contributed by atoms with Crippen LogP contribution in [0.15, 0.2) is 64.3 Å². The number of aromatic nitrogens is 2. The van der Waals surface area contributed by atoms with Crippen molar-refractivity contribution in [3.63, 3.8) is 0 Å². The quantitative estimate of drug-likeness (QED) is 0.296. The van der Waals surface area contributed by atoms with Crippen molar-refractivity contribution in [2.75, 3.05) is 13.2 Å². The van der Waals surface area contributed by atoms with Gasteiger partial charge in [-0.05, 0) is 122 Å². The number of benzene rings is 2. The third kappa shape index (κ3) is 6.11. The Morgan fingerprint density at radius 2 is 1.91 bits per heavy atom. The van der Waals surface area contributed by atoms with Crippen LogP contribution in [0.3, 0.4) is 0 Å². The molecule has 43 heavy (non-hydrogen) atoms. The predicted octanol–water partition coefficient (Wildman–Crippen LogP) is 8.74. The molecule has 2 saturated carbocycles. The number of hydrogen-bond donors (Lipinski definition) is 2. The first-order valence-electron chi connectivity index (χ1n) is 16.7. The summed E-state index contributed by atoms with van der Waals surface area (Å²) in [6.45, 7) is 13.4. The number of hydrogen-bond acceptors (Lipinski definition) is 4. The molecule has 3 heterocycles. The molecule has 2 aliphatic heterocycles. The van der Waals surface area contributed by atoms with Crippen LogP contribution in [0.1, 0.15) is 84.0 Å². The number of fused-ring (bicyclic) bond motifs is 3. The van der Waals surface area contributed by atoms with Crippen LogP contribution < -0.4 is 10.1 Å². The molecule has 2 aromatic carbocycles. The summed E-state index contributed by atoms with van der Waals surface area (Å²) in [7, 11) is 0. The summed E-state index contributed by atoms with van der Waals surface area (Å²) in [5.74, 6) is 3.46. The highest BCUT2D eigenvalue weighted by Crippen LogP contribution is 2.45. The number of rotatable bonds is 7. The van der Waals surface area contributed by atoms with Gasteiger partial charge in [-0.25, -0.2) is 4.98 Å². The molecule has 7 rings (SSSR count). The largest absolute Gasteiger partial charge is 0.493 e. The van der Waals surface area contributed by atoms with E-state index in [-0.39, 0.29) is 0 Å². The molecule has 2 N–H and O–H groups in total. The van der Waals surface area contributed by atoms with Crippen molar-refractivity contribution < 1.29 is 4.74 Å². The maximum atomic E-state index is 6.61. The Kier molecular flexibility index (Phi) is 7.57. The zero-order chi connectivity index (χ0) is 29.7. The minimum atomic E-state index is 0.324. The van der Waals surface area contributed by atoms with Gasteiger partial charge in [0.1, 0.15) is 11.6 Å². The minimum Gasteiger partial charge on any atom is -0.493 e. The summed E-state index contributed by atoms with van der Waals surface area (Å²) >= 11 is 0. The van der Waals surface area contributed by atoms with E-state index in [1.807, 2.05) is 6.92 Å². The molecular formula is C38H48N4O. The molecule has 3 unspecified atom stereocenters. The smallest absolute Gasteiger partial charge is 0.122 e. The molecule has 0 saturated heterocycles. The number of ether oxygens (including phenoxy) is 1. The van der Waals surface area contributed by atoms with Gasteiger partial charge in [-0.3, -0.25) is 4.99 Å². The highest BCUT2D eigenvalue weighted by atomic mass is 16.5. The van der Waals surface area contributed by atoms with Crippen molar-refractivity contribution in [2.45, 2.75) is 92.0 Å². The molecular weight excluding hydrogens is 528 g/mol. The lowest BCUT2D eigenvalue weighted by Crippen LogP contribution is -2.27. The monoisotopic (exact) mass is 576 g/mol. The van der Waals surface area contributed by atoms with Crippen molar-refractivity contribution in [3.8, 4) is 16.9 Å². The Morgan fingerprint density at radius 3 is 2.72 bits per heavy atom. The SMILES string of the molecule is CCC1C=C(CNC2CC2)N=C2CCC(C)(C)CC2=C1CC1COc2ccc(-c3ccc4nc(C)[nH]c4c3)cc2CC1C. The summed E-state index contributed by atoms with van der Waals surface area (Å²) in [4.78, 5) is 13.3. The van der Waals surface area contributed by atoms with E-state index in [2.05, 4.69) is 85.5 Å². The Bertz CT molecular complexity index is 1620. The van der Waals surface area contributed by atoms with Crippen LogP contribution in [0, 0.1) is 30.1 Å². The summed E-state index contributed by atoms with van der Waals surface area (Å²) in [5.41, 5.74) is 12.1. The number of aromatic amines is 1. The van der Waals surface area contributed by atoms with E-state index in [4.69, 9.17) is 9.73 Å². The van der Waals surface area contributed by atoms with Gasteiger partial charge in [-0.2, -0.15) is 0 Å². The normalized spacial score (nSPS) is 25.3. The van der Waals surface area contributed by atoms with E-state index in [9.17, 15) is 0 Å². The number of H-pyrrole nitrogens is 1. The minimum absolute atomic E-state index is 0.324. The lowest BCUT2D eigenvalue weighted by atomic mass is 9.70. The van der Waals surface area contributed by atoms with Gasteiger partial charge in [-0.15, -0.1) is 0 Å². The fraction of sp³-hybridized carbons (Fsp3) is 0.526. The molecule has 0 spiro atoms. The van der Waals surface area contributed by atoms with Crippen molar-refractivity contribution in [3.05, 3.63) is 70.7 Å². The Balaban J connectivity index is 1.15. The molecule has 0 amide bonds. The zero-order valence-electron chi connectivity index (χ0n) is 26.7. The first kappa shape index (κ1) is 28.6. The Labute approximate surface area is 257 Å². The van der Waals surface area contributed by atoms with Gasteiger partial charge < -0.3 is 15.0 Å². The summed E-state index contributed by atoms with van der Waals surface area (Å²) in [5, 5.41) is 3.74. The molecule has 3 atom stereocenters. The van der Waals surface area contributed by atoms with Crippen LogP contribution in [0.2, 0.25) is 0 Å². The van der Waals surface area contributed by atoms with E-state index >= 15 is 0 Å². The number of allylic oxidation sites excluding steroid dienone is 3. The molecule has 2 fully saturated rings. The summed E-state index contributed by atoms with van der Waals surface area (Å²) < 4.78 is 6.61. The van der Waals surface area contributed by atoms with Gasteiger partial charge in [0.25, 0.3) is 0 Å². The Hall–Kier alpha value is -3.18. The molecule has 0 radical (unpaired) electrons. The standard InChI is InChI=1S/C38H48N4O/c1-6-25-17-31(21-39-30-9-10-30)42-34-13-14-38(4,5)20-33(34)32(25)18-29-22-43-37-12-8-26(16-28(37)15-23(29)2)27-7-11-35-36(19-27)41-24(3)40-35/h7-8,11-12,16-17,19,23,25,29-30,39H,6,9-10,13-15,18,20-22H2,1-5H3,(H,40,41). The molecule has 3 aromatic rings. The maximum absolute atomic E-state index is 6.61. The second kappa shape index (κ2) is 11.4. The fourth-order valence-electron chi connectivity index (χ4n) is 7.53. The van der Waals surface area contributed by atoms with E-state index < -0.39 is 0 Å². The van der Waals surface area contributed by atoms with Gasteiger partial charge >= 0.3 is 0 Å². The van der Waals surface area contributed by atoms with Crippen molar-refractivity contribution >= 4 is 16.7 Å². The summed E-state index contributed by atoms with van der Waals surface area (Å²) in [6, 6.07) is 14.0. The predicted molar refractivity (Wildman–Crippen MR) is 178 cm³/mol. The topological polar surface area (TPSA) is 62.3 Å². The fourth-order valence-corrected chi connectivity index (χ4v) is 7.53. The van der Waals surface area contributed by atoms with Crippen LogP contribution in [-0.2, 0) is 6.42 Å². The number of nitrogens with one attached hydrogen (secondary N) is 2. The van der Waals surface area contributed by atoms with Crippen molar-refractivity contribution in [1.82, 2.24) is 15.3 Å². The molecule has 4 aliphatic rings. The first-order chi connectivity index (χ1) is 20.7. The van der Waals surface area contributed by atoms with E-state index in [0.717, 1.165) is 67.9 Å². The number of aliphatic imine (C=N–C) groups is 1. The van der Waals surface area contributed by atoms with Crippen LogP contribution in [-0.4, -0.2) is 34.9 Å². The molecule has 5 nitrogen and oxygen atoms in total. The third-order valence-corrected chi connectivity index (χ3v) is 10.4. The Morgan fingerprint density at radius 1 is 1.09 bits per heavy atom. The van der Waals surface area contributed by atoms with Gasteiger partial charge in [-0.1, -0.05) is 51.5 Å². The lowest BCUT2D eigenvalue weighted by molar-refractivity contribution is 0.213. The second-order valence-corrected chi connectivity index (χ2v) is 14.6. The molecule has 1 aromatic heterocycles. The number of nitrogens with zero attached hydrogens (tertiary/aromatic N) is 2. The van der Waals surface area contributed by atoms with E-state index in [0.29, 0.717) is 29.2 Å². The van der Waals surface area contributed by atoms with Gasteiger partial charge in [0.15, 0.2) is 0 Å². The van der Waals surface area contributed by atoms with E-state index in [1.165, 1.54) is 47.4 Å². The van der Waals surface area contributed by atoms with Gasteiger partial charge in [0.2, 0.25) is 0 Å². The third-order valence-electron chi connectivity index (χ3n) is 10.4. The highest BCUT2D eigenvalue weighted by Gasteiger charge is 2.35. The van der Waals surface area contributed by atoms with Crippen LogP contribution >= 0.6 is 0 Å². The summed E-state index contributed by atoms with van der Waals surface area (Å²) in [6.07, 6.45) is 11.9. The van der Waals surface area contributed by atoms with Crippen LogP contribution in [0.4, 0.5) is 0 Å². The molecule has 5 heteroatoms. The van der Waals surface area contributed by atoms with Gasteiger partial charge in [0, 0.05) is 24.2 Å². The average Bonchev–Trinajstić information content (AvgIpc) is 3.77. The van der Waals surface area contributed by atoms with E-state index in [1.54, 1.807) is 11.1 Å². The maximum Gasteiger partial charge on any atom is 0.122 e. The molecule has 0 bridgehead atoms. The van der Waals surface area contributed by atoms with Crippen LogP contribution in [0.5, 0.6) is 5.75 Å². The van der Waals surface area contributed by atoms with Gasteiger partial charge in [0.05, 0.1) is 23.3 Å². The average molecular weight is 577 g/mol. The molecule has 2 aliphatic carbocycles. The van der Waals surface area contributed by atoms with Crippen molar-refractivity contribution in [1.29, 1.82) is 0 Å². The zero-order valence-corrected chi connectivity index (χ0v) is 26.7. The highest BCUT2D eigenvalue weighted by molar-refractivity contribution is 6.02. The van der Waals surface area contributed by atoms with Crippen molar-refractivity contribution in [2.24, 2.45) is 28.2 Å². The van der Waals surface area contributed by atoms with Crippen LogP contribution in [0.25, 0.3) is 22.2 Å². The molecule has 226 valence electrons.